The van der Waals surface area contributed by atoms with E-state index in [9.17, 15) is 0 Å². The number of hydrogen-bond donors (Lipinski definition) is 1. The summed E-state index contributed by atoms with van der Waals surface area (Å²) < 4.78 is 10.2. The highest BCUT2D eigenvalue weighted by Crippen LogP contribution is 2.22. The molecule has 0 saturated carbocycles. The van der Waals surface area contributed by atoms with Crippen LogP contribution in [0.1, 0.15) is 5.69 Å². The molecule has 0 radical (unpaired) electrons. The molecule has 2 rings (SSSR count). The molecule has 0 aliphatic carbocycles. The molecule has 15 heavy (non-hydrogen) atoms. The predicted octanol–water partition coefficient (Wildman–Crippen LogP) is 1.81. The second-order valence-corrected chi connectivity index (χ2v) is 3.12. The van der Waals surface area contributed by atoms with Crippen molar-refractivity contribution in [3.8, 4) is 17.1 Å². The fourth-order valence-corrected chi connectivity index (χ4v) is 1.30. The van der Waals surface area contributed by atoms with E-state index in [1.54, 1.807) is 7.11 Å². The normalized spacial score (nSPS) is 10.3. The summed E-state index contributed by atoms with van der Waals surface area (Å²) in [5.74, 6) is 1.54. The average Bonchev–Trinajstić information content (AvgIpc) is 2.78. The van der Waals surface area contributed by atoms with Crippen LogP contribution >= 0.6 is 0 Å². The molecular formula is C11H12N2O2. The third-order valence-electron chi connectivity index (χ3n) is 2.14. The monoisotopic (exact) mass is 204 g/mol. The zero-order chi connectivity index (χ0) is 10.7. The topological polar surface area (TPSA) is 61.3 Å². The summed E-state index contributed by atoms with van der Waals surface area (Å²) in [6, 6.07) is 9.42. The van der Waals surface area contributed by atoms with Gasteiger partial charge in [-0.2, -0.15) is 0 Å². The number of nitrogens with two attached hydrogens (primary N) is 1. The van der Waals surface area contributed by atoms with Gasteiger partial charge in [0.25, 0.3) is 0 Å². The van der Waals surface area contributed by atoms with E-state index in [0.29, 0.717) is 6.54 Å². The van der Waals surface area contributed by atoms with Crippen LogP contribution in [0.5, 0.6) is 5.75 Å². The lowest BCUT2D eigenvalue weighted by molar-refractivity contribution is 0.414. The molecule has 0 aliphatic heterocycles. The Morgan fingerprint density at radius 3 is 2.60 bits per heavy atom. The molecule has 1 heterocycles. The van der Waals surface area contributed by atoms with Crippen molar-refractivity contribution in [1.82, 2.24) is 5.16 Å². The van der Waals surface area contributed by atoms with Crippen molar-refractivity contribution in [3.63, 3.8) is 0 Å². The van der Waals surface area contributed by atoms with E-state index >= 15 is 0 Å². The first-order valence-electron chi connectivity index (χ1n) is 4.63. The Morgan fingerprint density at radius 1 is 1.33 bits per heavy atom. The van der Waals surface area contributed by atoms with E-state index in [4.69, 9.17) is 15.0 Å². The lowest BCUT2D eigenvalue weighted by atomic mass is 10.1. The van der Waals surface area contributed by atoms with Gasteiger partial charge in [-0.3, -0.25) is 0 Å². The van der Waals surface area contributed by atoms with Crippen LogP contribution in [-0.4, -0.2) is 12.3 Å². The number of benzene rings is 1. The van der Waals surface area contributed by atoms with E-state index in [1.807, 2.05) is 30.3 Å². The molecule has 1 aromatic carbocycles. The van der Waals surface area contributed by atoms with Crippen LogP contribution in [-0.2, 0) is 6.54 Å². The van der Waals surface area contributed by atoms with Crippen molar-refractivity contribution < 1.29 is 9.26 Å². The zero-order valence-corrected chi connectivity index (χ0v) is 8.43. The Kier molecular flexibility index (Phi) is 2.69. The maximum Gasteiger partial charge on any atom is 0.167 e. The van der Waals surface area contributed by atoms with Gasteiger partial charge >= 0.3 is 0 Å². The average molecular weight is 204 g/mol. The summed E-state index contributed by atoms with van der Waals surface area (Å²) >= 11 is 0. The summed E-state index contributed by atoms with van der Waals surface area (Å²) in [6.07, 6.45) is 0. The summed E-state index contributed by atoms with van der Waals surface area (Å²) in [4.78, 5) is 0. The number of rotatable bonds is 3. The smallest absolute Gasteiger partial charge is 0.167 e. The fourth-order valence-electron chi connectivity index (χ4n) is 1.30. The van der Waals surface area contributed by atoms with Gasteiger partial charge in [0.2, 0.25) is 0 Å². The maximum atomic E-state index is 5.44. The first kappa shape index (κ1) is 9.73. The van der Waals surface area contributed by atoms with E-state index in [1.165, 1.54) is 0 Å². The predicted molar refractivity (Wildman–Crippen MR) is 56.4 cm³/mol. The molecule has 0 spiro atoms. The molecule has 2 aromatic rings. The number of ether oxygens (including phenoxy) is 1. The molecule has 4 heteroatoms. The number of hydrogen-bond acceptors (Lipinski definition) is 4. The van der Waals surface area contributed by atoms with Gasteiger partial charge in [-0.15, -0.1) is 0 Å². The minimum atomic E-state index is 0.389. The largest absolute Gasteiger partial charge is 0.497 e. The Labute approximate surface area is 87.6 Å². The highest BCUT2D eigenvalue weighted by Gasteiger charge is 2.05. The van der Waals surface area contributed by atoms with Crippen LogP contribution < -0.4 is 10.5 Å². The second-order valence-electron chi connectivity index (χ2n) is 3.12. The Hall–Kier alpha value is -1.81. The maximum absolute atomic E-state index is 5.44. The van der Waals surface area contributed by atoms with E-state index in [-0.39, 0.29) is 0 Å². The Bertz CT molecular complexity index is 434. The Morgan fingerprint density at radius 2 is 2.07 bits per heavy atom. The first-order chi connectivity index (χ1) is 7.33. The van der Waals surface area contributed by atoms with Gasteiger partial charge in [0.05, 0.1) is 12.8 Å². The zero-order valence-electron chi connectivity index (χ0n) is 8.43. The second kappa shape index (κ2) is 4.14. The third kappa shape index (κ3) is 1.99. The van der Waals surface area contributed by atoms with Gasteiger partial charge in [0.1, 0.15) is 5.75 Å². The minimum absolute atomic E-state index is 0.389. The number of methoxy groups -OCH3 is 1. The van der Waals surface area contributed by atoms with Crippen molar-refractivity contribution >= 4 is 0 Å². The van der Waals surface area contributed by atoms with E-state index < -0.39 is 0 Å². The molecule has 1 aromatic heterocycles. The van der Waals surface area contributed by atoms with Crippen LogP contribution in [0, 0.1) is 0 Å². The summed E-state index contributed by atoms with van der Waals surface area (Å²) in [5.41, 5.74) is 7.16. The van der Waals surface area contributed by atoms with Gasteiger partial charge in [-0.1, -0.05) is 5.16 Å². The number of nitrogens with zero attached hydrogens (tertiary/aromatic N) is 1. The first-order valence-corrected chi connectivity index (χ1v) is 4.63. The van der Waals surface area contributed by atoms with Crippen molar-refractivity contribution in [2.45, 2.75) is 6.54 Å². The summed E-state index contributed by atoms with van der Waals surface area (Å²) in [6.45, 7) is 0.389. The molecule has 0 aliphatic rings. The van der Waals surface area contributed by atoms with Crippen LogP contribution in [0.2, 0.25) is 0 Å². The highest BCUT2D eigenvalue weighted by molar-refractivity contribution is 5.58. The molecule has 2 N–H and O–H groups in total. The molecule has 4 nitrogen and oxygen atoms in total. The van der Waals surface area contributed by atoms with E-state index in [0.717, 1.165) is 22.8 Å². The van der Waals surface area contributed by atoms with E-state index in [2.05, 4.69) is 5.16 Å². The van der Waals surface area contributed by atoms with Crippen LogP contribution in [0.3, 0.4) is 0 Å². The highest BCUT2D eigenvalue weighted by atomic mass is 16.5. The van der Waals surface area contributed by atoms with Crippen LogP contribution in [0.15, 0.2) is 34.9 Å². The van der Waals surface area contributed by atoms with Gasteiger partial charge in [0, 0.05) is 18.2 Å². The minimum Gasteiger partial charge on any atom is -0.497 e. The standard InChI is InChI=1S/C11H12N2O2/c1-14-10-4-2-8(3-5-10)11-6-9(7-12)13-15-11/h2-6H,7,12H2,1H3. The van der Waals surface area contributed by atoms with Crippen LogP contribution in [0.25, 0.3) is 11.3 Å². The molecular weight excluding hydrogens is 192 g/mol. The third-order valence-corrected chi connectivity index (χ3v) is 2.14. The molecule has 0 bridgehead atoms. The van der Waals surface area contributed by atoms with Gasteiger partial charge in [0.15, 0.2) is 5.76 Å². The van der Waals surface area contributed by atoms with Crippen molar-refractivity contribution in [1.29, 1.82) is 0 Å². The number of aromatic nitrogens is 1. The molecule has 0 atom stereocenters. The molecule has 78 valence electrons. The summed E-state index contributed by atoms with van der Waals surface area (Å²) in [5, 5.41) is 3.82. The van der Waals surface area contributed by atoms with Gasteiger partial charge in [-0.25, -0.2) is 0 Å². The quantitative estimate of drug-likeness (QED) is 0.828. The molecule has 0 fully saturated rings. The van der Waals surface area contributed by atoms with Crippen molar-refractivity contribution in [2.75, 3.05) is 7.11 Å². The fraction of sp³-hybridized carbons (Fsp3) is 0.182. The molecule has 0 saturated heterocycles. The van der Waals surface area contributed by atoms with Gasteiger partial charge < -0.3 is 15.0 Å². The lowest BCUT2D eigenvalue weighted by Gasteiger charge is -1.99. The van der Waals surface area contributed by atoms with Crippen molar-refractivity contribution in [3.05, 3.63) is 36.0 Å². The summed E-state index contributed by atoms with van der Waals surface area (Å²) in [7, 11) is 1.63. The van der Waals surface area contributed by atoms with Crippen molar-refractivity contribution in [2.24, 2.45) is 5.73 Å². The lowest BCUT2D eigenvalue weighted by Crippen LogP contribution is -1.94. The molecule has 0 amide bonds. The SMILES string of the molecule is COc1ccc(-c2cc(CN)no2)cc1. The molecule has 0 unspecified atom stereocenters. The Balaban J connectivity index is 2.28. The van der Waals surface area contributed by atoms with Crippen LogP contribution in [0.4, 0.5) is 0 Å². The van der Waals surface area contributed by atoms with Gasteiger partial charge in [-0.05, 0) is 24.3 Å².